The maximum absolute atomic E-state index is 11.2. The molecule has 104 valence electrons. The van der Waals surface area contributed by atoms with Crippen molar-refractivity contribution in [3.8, 4) is 0 Å². The number of hydrogen-bond acceptors (Lipinski definition) is 5. The molecule has 0 aliphatic carbocycles. The van der Waals surface area contributed by atoms with Crippen molar-refractivity contribution >= 4 is 9.84 Å². The average Bonchev–Trinajstić information content (AvgIpc) is 2.30. The van der Waals surface area contributed by atoms with Gasteiger partial charge < -0.3 is 15.2 Å². The molecule has 0 saturated carbocycles. The SMILES string of the molecule is CCCCOCC(O)CNCCS(=O)(=O)CC. The van der Waals surface area contributed by atoms with Crippen LogP contribution in [0.4, 0.5) is 0 Å². The Balaban J connectivity index is 3.42. The van der Waals surface area contributed by atoms with E-state index in [1.807, 2.05) is 0 Å². The third kappa shape index (κ3) is 10.7. The summed E-state index contributed by atoms with van der Waals surface area (Å²) in [6.07, 6.45) is 1.49. The molecule has 0 saturated heterocycles. The Bertz CT molecular complexity index is 267. The van der Waals surface area contributed by atoms with Gasteiger partial charge in [-0.1, -0.05) is 20.3 Å². The maximum atomic E-state index is 11.2. The number of unbranched alkanes of at least 4 members (excludes halogenated alkanes) is 1. The molecule has 0 aromatic heterocycles. The highest BCUT2D eigenvalue weighted by Crippen LogP contribution is 1.91. The van der Waals surface area contributed by atoms with Gasteiger partial charge >= 0.3 is 0 Å². The van der Waals surface area contributed by atoms with Crippen molar-refractivity contribution in [2.24, 2.45) is 0 Å². The molecule has 6 heteroatoms. The zero-order chi connectivity index (χ0) is 13.1. The highest BCUT2D eigenvalue weighted by atomic mass is 32.2. The standard InChI is InChI=1S/C11H25NO4S/c1-3-5-7-16-10-11(13)9-12-6-8-17(14,15)4-2/h11-13H,3-10H2,1-2H3. The van der Waals surface area contributed by atoms with Crippen LogP contribution in [0.2, 0.25) is 0 Å². The van der Waals surface area contributed by atoms with Gasteiger partial charge in [-0.05, 0) is 6.42 Å². The highest BCUT2D eigenvalue weighted by Gasteiger charge is 2.08. The largest absolute Gasteiger partial charge is 0.389 e. The van der Waals surface area contributed by atoms with Crippen LogP contribution in [0.1, 0.15) is 26.7 Å². The van der Waals surface area contributed by atoms with Gasteiger partial charge in [0.2, 0.25) is 0 Å². The number of sulfone groups is 1. The molecule has 0 radical (unpaired) electrons. The van der Waals surface area contributed by atoms with Crippen LogP contribution in [0.25, 0.3) is 0 Å². The van der Waals surface area contributed by atoms with Crippen LogP contribution in [0.3, 0.4) is 0 Å². The number of nitrogens with one attached hydrogen (secondary N) is 1. The molecule has 2 N–H and O–H groups in total. The number of rotatable bonds is 11. The van der Waals surface area contributed by atoms with Gasteiger partial charge in [0, 0.05) is 25.4 Å². The van der Waals surface area contributed by atoms with Crippen LogP contribution >= 0.6 is 0 Å². The van der Waals surface area contributed by atoms with Crippen LogP contribution < -0.4 is 5.32 Å². The summed E-state index contributed by atoms with van der Waals surface area (Å²) >= 11 is 0. The number of aliphatic hydroxyl groups is 1. The summed E-state index contributed by atoms with van der Waals surface area (Å²) in [4.78, 5) is 0. The second-order valence-electron chi connectivity index (χ2n) is 4.02. The molecule has 0 aromatic carbocycles. The first-order chi connectivity index (χ1) is 8.02. The monoisotopic (exact) mass is 267 g/mol. The Kier molecular flexibility index (Phi) is 9.72. The van der Waals surface area contributed by atoms with Gasteiger partial charge in [0.05, 0.1) is 18.5 Å². The van der Waals surface area contributed by atoms with Crippen molar-refractivity contribution < 1.29 is 18.3 Å². The van der Waals surface area contributed by atoms with Crippen LogP contribution in [0.15, 0.2) is 0 Å². The highest BCUT2D eigenvalue weighted by molar-refractivity contribution is 7.91. The Labute approximate surface area is 104 Å². The van der Waals surface area contributed by atoms with E-state index < -0.39 is 15.9 Å². The molecule has 1 unspecified atom stereocenters. The summed E-state index contributed by atoms with van der Waals surface area (Å²) in [5.41, 5.74) is 0. The Morgan fingerprint density at radius 1 is 1.35 bits per heavy atom. The van der Waals surface area contributed by atoms with Gasteiger partial charge in [0.15, 0.2) is 9.84 Å². The fraction of sp³-hybridized carbons (Fsp3) is 1.00. The molecular formula is C11H25NO4S. The summed E-state index contributed by atoms with van der Waals surface area (Å²) in [5.74, 6) is 0.282. The fourth-order valence-electron chi connectivity index (χ4n) is 1.17. The lowest BCUT2D eigenvalue weighted by atomic mass is 10.3. The predicted molar refractivity (Wildman–Crippen MR) is 68.9 cm³/mol. The van der Waals surface area contributed by atoms with Crippen LogP contribution in [0, 0.1) is 0 Å². The van der Waals surface area contributed by atoms with Crippen molar-refractivity contribution in [3.63, 3.8) is 0 Å². The smallest absolute Gasteiger partial charge is 0.151 e. The molecule has 0 aliphatic heterocycles. The molecule has 0 amide bonds. The third-order valence-corrected chi connectivity index (χ3v) is 4.07. The fourth-order valence-corrected chi connectivity index (χ4v) is 1.91. The molecule has 0 spiro atoms. The van der Waals surface area contributed by atoms with Gasteiger partial charge in [0.25, 0.3) is 0 Å². The van der Waals surface area contributed by atoms with Crippen LogP contribution in [-0.2, 0) is 14.6 Å². The van der Waals surface area contributed by atoms with E-state index in [-0.39, 0.29) is 11.5 Å². The van der Waals surface area contributed by atoms with Gasteiger partial charge in [-0.15, -0.1) is 0 Å². The summed E-state index contributed by atoms with van der Waals surface area (Å²) in [6.45, 7) is 5.42. The van der Waals surface area contributed by atoms with Gasteiger partial charge in [-0.3, -0.25) is 0 Å². The number of hydrogen-bond donors (Lipinski definition) is 2. The van der Waals surface area contributed by atoms with Crippen molar-refractivity contribution in [1.29, 1.82) is 0 Å². The first kappa shape index (κ1) is 16.8. The molecular weight excluding hydrogens is 242 g/mol. The normalized spacial score (nSPS) is 13.8. The van der Waals surface area contributed by atoms with E-state index in [1.54, 1.807) is 6.92 Å². The molecule has 0 aliphatic rings. The lowest BCUT2D eigenvalue weighted by molar-refractivity contribution is 0.0362. The van der Waals surface area contributed by atoms with E-state index in [0.29, 0.717) is 26.3 Å². The van der Waals surface area contributed by atoms with Crippen LogP contribution in [0.5, 0.6) is 0 Å². The van der Waals surface area contributed by atoms with E-state index in [4.69, 9.17) is 4.74 Å². The molecule has 5 nitrogen and oxygen atoms in total. The molecule has 1 atom stereocenters. The van der Waals surface area contributed by atoms with Crippen molar-refractivity contribution in [3.05, 3.63) is 0 Å². The van der Waals surface area contributed by atoms with Crippen molar-refractivity contribution in [1.82, 2.24) is 5.32 Å². The third-order valence-electron chi connectivity index (χ3n) is 2.36. The zero-order valence-corrected chi connectivity index (χ0v) is 11.6. The topological polar surface area (TPSA) is 75.6 Å². The van der Waals surface area contributed by atoms with E-state index in [1.165, 1.54) is 0 Å². The maximum Gasteiger partial charge on any atom is 0.151 e. The summed E-state index contributed by atoms with van der Waals surface area (Å²) in [6, 6.07) is 0. The second-order valence-corrected chi connectivity index (χ2v) is 6.50. The van der Waals surface area contributed by atoms with Gasteiger partial charge in [-0.2, -0.15) is 0 Å². The quantitative estimate of drug-likeness (QED) is 0.523. The minimum Gasteiger partial charge on any atom is -0.389 e. The Hall–Kier alpha value is -0.170. The molecule has 0 heterocycles. The zero-order valence-electron chi connectivity index (χ0n) is 10.8. The van der Waals surface area contributed by atoms with E-state index in [0.717, 1.165) is 12.8 Å². The Morgan fingerprint density at radius 3 is 2.65 bits per heavy atom. The summed E-state index contributed by atoms with van der Waals surface area (Å²) in [7, 11) is -2.92. The van der Waals surface area contributed by atoms with Crippen molar-refractivity contribution in [2.75, 3.05) is 37.8 Å². The minimum atomic E-state index is -2.92. The number of aliphatic hydroxyl groups excluding tert-OH is 1. The average molecular weight is 267 g/mol. The lowest BCUT2D eigenvalue weighted by Crippen LogP contribution is -2.33. The van der Waals surface area contributed by atoms with Crippen LogP contribution in [-0.4, -0.2) is 57.4 Å². The molecule has 0 fully saturated rings. The molecule has 0 rings (SSSR count). The van der Waals surface area contributed by atoms with Gasteiger partial charge in [-0.25, -0.2) is 8.42 Å². The second kappa shape index (κ2) is 9.82. The van der Waals surface area contributed by atoms with Crippen molar-refractivity contribution in [2.45, 2.75) is 32.8 Å². The molecule has 0 bridgehead atoms. The molecule has 0 aromatic rings. The Morgan fingerprint density at radius 2 is 2.06 bits per heavy atom. The number of ether oxygens (including phenoxy) is 1. The first-order valence-corrected chi connectivity index (χ1v) is 8.01. The summed E-state index contributed by atoms with van der Waals surface area (Å²) in [5, 5.41) is 12.4. The molecule has 17 heavy (non-hydrogen) atoms. The summed E-state index contributed by atoms with van der Waals surface area (Å²) < 4.78 is 27.6. The lowest BCUT2D eigenvalue weighted by Gasteiger charge is -2.12. The van der Waals surface area contributed by atoms with E-state index in [9.17, 15) is 13.5 Å². The first-order valence-electron chi connectivity index (χ1n) is 6.18. The van der Waals surface area contributed by atoms with Gasteiger partial charge in [0.1, 0.15) is 0 Å². The van der Waals surface area contributed by atoms with E-state index >= 15 is 0 Å². The minimum absolute atomic E-state index is 0.118. The van der Waals surface area contributed by atoms with E-state index in [2.05, 4.69) is 12.2 Å². The predicted octanol–water partition coefficient (Wildman–Crippen LogP) is 0.188.